The van der Waals surface area contributed by atoms with Crippen molar-refractivity contribution in [3.05, 3.63) is 28.4 Å². The second-order valence-corrected chi connectivity index (χ2v) is 3.75. The van der Waals surface area contributed by atoms with Crippen molar-refractivity contribution in [3.63, 3.8) is 0 Å². The predicted molar refractivity (Wildman–Crippen MR) is 53.0 cm³/mol. The lowest BCUT2D eigenvalue weighted by molar-refractivity contribution is -0.136. The van der Waals surface area contributed by atoms with E-state index in [0.29, 0.717) is 11.3 Å². The van der Waals surface area contributed by atoms with Crippen molar-refractivity contribution in [2.75, 3.05) is 0 Å². The summed E-state index contributed by atoms with van der Waals surface area (Å²) in [6.45, 7) is 0. The molecule has 0 aliphatic rings. The first kappa shape index (κ1) is 9.21. The van der Waals surface area contributed by atoms with E-state index in [9.17, 15) is 4.79 Å². The standard InChI is InChI=1S/C9H6BrNO3/c10-5-1-2-6-7(3-5)11-14-8(6)4-9(12)13/h1-3H,4H2,(H,12,13). The number of aliphatic carboxylic acids is 1. The molecule has 0 aliphatic carbocycles. The fourth-order valence-corrected chi connectivity index (χ4v) is 1.58. The first-order valence-electron chi connectivity index (χ1n) is 3.92. The molecule has 1 heterocycles. The van der Waals surface area contributed by atoms with E-state index in [1.54, 1.807) is 12.1 Å². The Balaban J connectivity index is 2.52. The second kappa shape index (κ2) is 3.42. The number of benzene rings is 1. The molecule has 1 aromatic heterocycles. The van der Waals surface area contributed by atoms with Crippen LogP contribution in [0.5, 0.6) is 0 Å². The molecule has 1 N–H and O–H groups in total. The molecule has 0 fully saturated rings. The van der Waals surface area contributed by atoms with Crippen LogP contribution in [0.15, 0.2) is 27.2 Å². The van der Waals surface area contributed by atoms with Crippen molar-refractivity contribution in [1.29, 1.82) is 0 Å². The Labute approximate surface area is 87.6 Å². The molecule has 0 aliphatic heterocycles. The molecule has 72 valence electrons. The third-order valence-electron chi connectivity index (χ3n) is 1.83. The van der Waals surface area contributed by atoms with Crippen LogP contribution in [-0.4, -0.2) is 16.2 Å². The zero-order chi connectivity index (χ0) is 10.1. The molecular formula is C9H6BrNO3. The lowest BCUT2D eigenvalue weighted by Crippen LogP contribution is -1.98. The molecule has 0 unspecified atom stereocenters. The van der Waals surface area contributed by atoms with E-state index in [1.165, 1.54) is 0 Å². The van der Waals surface area contributed by atoms with E-state index < -0.39 is 5.97 Å². The Hall–Kier alpha value is -1.36. The van der Waals surface area contributed by atoms with Crippen molar-refractivity contribution in [2.24, 2.45) is 0 Å². The second-order valence-electron chi connectivity index (χ2n) is 2.84. The highest BCUT2D eigenvalue weighted by atomic mass is 79.9. The summed E-state index contributed by atoms with van der Waals surface area (Å²) in [6, 6.07) is 5.39. The van der Waals surface area contributed by atoms with Gasteiger partial charge in [0.1, 0.15) is 11.9 Å². The Morgan fingerprint density at radius 2 is 2.36 bits per heavy atom. The number of halogens is 1. The van der Waals surface area contributed by atoms with Crippen LogP contribution in [0.1, 0.15) is 5.76 Å². The van der Waals surface area contributed by atoms with Gasteiger partial charge in [-0.15, -0.1) is 0 Å². The van der Waals surface area contributed by atoms with Crippen LogP contribution >= 0.6 is 15.9 Å². The Bertz CT molecular complexity index is 492. The van der Waals surface area contributed by atoms with Gasteiger partial charge < -0.3 is 9.63 Å². The molecule has 4 nitrogen and oxygen atoms in total. The Morgan fingerprint density at radius 1 is 1.57 bits per heavy atom. The quantitative estimate of drug-likeness (QED) is 0.894. The van der Waals surface area contributed by atoms with Crippen molar-refractivity contribution in [1.82, 2.24) is 5.16 Å². The monoisotopic (exact) mass is 255 g/mol. The topological polar surface area (TPSA) is 63.3 Å². The number of fused-ring (bicyclic) bond motifs is 1. The number of nitrogens with zero attached hydrogens (tertiary/aromatic N) is 1. The zero-order valence-corrected chi connectivity index (χ0v) is 8.61. The fourth-order valence-electron chi connectivity index (χ4n) is 1.23. The van der Waals surface area contributed by atoms with Crippen LogP contribution in [0.2, 0.25) is 0 Å². The normalized spacial score (nSPS) is 10.6. The highest BCUT2D eigenvalue weighted by Gasteiger charge is 2.11. The third kappa shape index (κ3) is 1.63. The molecule has 2 rings (SSSR count). The number of hydrogen-bond acceptors (Lipinski definition) is 3. The van der Waals surface area contributed by atoms with Gasteiger partial charge in [0.15, 0.2) is 5.76 Å². The first-order valence-corrected chi connectivity index (χ1v) is 4.72. The summed E-state index contributed by atoms with van der Waals surface area (Å²) >= 11 is 3.29. The minimum atomic E-state index is -0.925. The van der Waals surface area contributed by atoms with Gasteiger partial charge in [0.25, 0.3) is 0 Å². The van der Waals surface area contributed by atoms with Crippen LogP contribution in [0.3, 0.4) is 0 Å². The minimum Gasteiger partial charge on any atom is -0.481 e. The van der Waals surface area contributed by atoms with Gasteiger partial charge in [-0.2, -0.15) is 0 Å². The van der Waals surface area contributed by atoms with E-state index in [-0.39, 0.29) is 6.42 Å². The lowest BCUT2D eigenvalue weighted by atomic mass is 10.2. The van der Waals surface area contributed by atoms with E-state index in [1.807, 2.05) is 6.07 Å². The van der Waals surface area contributed by atoms with Crippen molar-refractivity contribution in [2.45, 2.75) is 6.42 Å². The van der Waals surface area contributed by atoms with Gasteiger partial charge in [-0.05, 0) is 18.2 Å². The van der Waals surface area contributed by atoms with E-state index in [2.05, 4.69) is 21.1 Å². The highest BCUT2D eigenvalue weighted by molar-refractivity contribution is 9.10. The predicted octanol–water partition coefficient (Wildman–Crippen LogP) is 2.22. The molecule has 0 radical (unpaired) electrons. The summed E-state index contributed by atoms with van der Waals surface area (Å²) in [5.41, 5.74) is 0.663. The summed E-state index contributed by atoms with van der Waals surface area (Å²) in [7, 11) is 0. The molecule has 2 aromatic rings. The summed E-state index contributed by atoms with van der Waals surface area (Å²) in [5.74, 6) is -0.536. The average Bonchev–Trinajstić information content (AvgIpc) is 2.47. The molecule has 14 heavy (non-hydrogen) atoms. The summed E-state index contributed by atoms with van der Waals surface area (Å²) < 4.78 is 5.82. The number of hydrogen-bond donors (Lipinski definition) is 1. The number of carboxylic acids is 1. The summed E-state index contributed by atoms with van der Waals surface area (Å²) in [4.78, 5) is 10.5. The van der Waals surface area contributed by atoms with Crippen molar-refractivity contribution >= 4 is 32.8 Å². The van der Waals surface area contributed by atoms with Gasteiger partial charge in [-0.3, -0.25) is 4.79 Å². The van der Waals surface area contributed by atoms with E-state index in [0.717, 1.165) is 9.86 Å². The van der Waals surface area contributed by atoms with Gasteiger partial charge >= 0.3 is 5.97 Å². The highest BCUT2D eigenvalue weighted by Crippen LogP contribution is 2.22. The minimum absolute atomic E-state index is 0.141. The molecule has 0 spiro atoms. The van der Waals surface area contributed by atoms with Gasteiger partial charge in [-0.25, -0.2) is 0 Å². The van der Waals surface area contributed by atoms with Gasteiger partial charge in [0, 0.05) is 9.86 Å². The number of rotatable bonds is 2. The molecule has 0 saturated carbocycles. The summed E-state index contributed by atoms with van der Waals surface area (Å²) in [5, 5.41) is 13.1. The van der Waals surface area contributed by atoms with Gasteiger partial charge in [0.05, 0.1) is 0 Å². The van der Waals surface area contributed by atoms with Crippen LogP contribution in [0.25, 0.3) is 10.9 Å². The van der Waals surface area contributed by atoms with Crippen LogP contribution < -0.4 is 0 Å². The molecule has 0 bridgehead atoms. The Kier molecular flexibility index (Phi) is 2.25. The molecule has 0 saturated heterocycles. The third-order valence-corrected chi connectivity index (χ3v) is 2.32. The first-order chi connectivity index (χ1) is 6.66. The van der Waals surface area contributed by atoms with Crippen molar-refractivity contribution in [3.8, 4) is 0 Å². The molecule has 1 aromatic carbocycles. The largest absolute Gasteiger partial charge is 0.481 e. The van der Waals surface area contributed by atoms with Crippen LogP contribution in [0.4, 0.5) is 0 Å². The SMILES string of the molecule is O=C(O)Cc1onc2cc(Br)ccc12. The lowest BCUT2D eigenvalue weighted by Gasteiger charge is -1.91. The maximum atomic E-state index is 10.5. The maximum absolute atomic E-state index is 10.5. The van der Waals surface area contributed by atoms with E-state index in [4.69, 9.17) is 9.63 Å². The fraction of sp³-hybridized carbons (Fsp3) is 0.111. The summed E-state index contributed by atoms with van der Waals surface area (Å²) in [6.07, 6.45) is -0.141. The molecular weight excluding hydrogens is 250 g/mol. The van der Waals surface area contributed by atoms with Crippen LogP contribution in [-0.2, 0) is 11.2 Å². The van der Waals surface area contributed by atoms with E-state index >= 15 is 0 Å². The zero-order valence-electron chi connectivity index (χ0n) is 7.03. The molecule has 0 atom stereocenters. The molecule has 0 amide bonds. The maximum Gasteiger partial charge on any atom is 0.311 e. The molecule has 5 heteroatoms. The number of aromatic nitrogens is 1. The number of carbonyl (C=O) groups is 1. The van der Waals surface area contributed by atoms with Gasteiger partial charge in [-0.1, -0.05) is 21.1 Å². The van der Waals surface area contributed by atoms with Gasteiger partial charge in [0.2, 0.25) is 0 Å². The van der Waals surface area contributed by atoms with Crippen LogP contribution in [0, 0.1) is 0 Å². The smallest absolute Gasteiger partial charge is 0.311 e. The van der Waals surface area contributed by atoms with Crippen molar-refractivity contribution < 1.29 is 14.4 Å². The average molecular weight is 256 g/mol. The Morgan fingerprint density at radius 3 is 3.07 bits per heavy atom. The number of carboxylic acid groups (broad SMARTS) is 1.